The minimum absolute atomic E-state index is 0.0732. The molecule has 0 aliphatic carbocycles. The molecule has 98 valence electrons. The normalized spacial score (nSPS) is 17.7. The molecule has 3 nitrogen and oxygen atoms in total. The predicted molar refractivity (Wildman–Crippen MR) is 72.1 cm³/mol. The van der Waals surface area contributed by atoms with Crippen LogP contribution in [-0.4, -0.2) is 24.9 Å². The number of unbranched alkanes of at least 4 members (excludes halogenated alkanes) is 1. The Morgan fingerprint density at radius 3 is 3.06 bits per heavy atom. The number of para-hydroxylation sites is 1. The van der Waals surface area contributed by atoms with Crippen LogP contribution in [0.2, 0.25) is 0 Å². The third kappa shape index (κ3) is 3.39. The van der Waals surface area contributed by atoms with Gasteiger partial charge in [0.25, 0.3) is 0 Å². The number of carbonyl (C=O) groups is 1. The Morgan fingerprint density at radius 2 is 2.22 bits per heavy atom. The Labute approximate surface area is 112 Å². The molecule has 18 heavy (non-hydrogen) atoms. The average Bonchev–Trinajstić information content (AvgIpc) is 2.43. The molecule has 1 aromatic rings. The van der Waals surface area contributed by atoms with Gasteiger partial charge in [-0.3, -0.25) is 4.79 Å². The van der Waals surface area contributed by atoms with Gasteiger partial charge in [-0.25, -0.2) is 0 Å². The molecule has 0 fully saturated rings. The number of halogens is 1. The first kappa shape index (κ1) is 13.2. The van der Waals surface area contributed by atoms with Crippen molar-refractivity contribution >= 4 is 17.5 Å². The SMILES string of the molecule is O=C(NCCCCCl)C1COc2ccccc2C1. The van der Waals surface area contributed by atoms with Crippen LogP contribution in [-0.2, 0) is 11.2 Å². The van der Waals surface area contributed by atoms with Crippen LogP contribution < -0.4 is 10.1 Å². The number of ether oxygens (including phenoxy) is 1. The molecule has 0 saturated heterocycles. The summed E-state index contributed by atoms with van der Waals surface area (Å²) in [6.07, 6.45) is 2.63. The summed E-state index contributed by atoms with van der Waals surface area (Å²) in [6, 6.07) is 7.89. The van der Waals surface area contributed by atoms with Crippen LogP contribution in [0.4, 0.5) is 0 Å². The van der Waals surface area contributed by atoms with E-state index < -0.39 is 0 Å². The van der Waals surface area contributed by atoms with E-state index in [4.69, 9.17) is 16.3 Å². The fourth-order valence-corrected chi connectivity index (χ4v) is 2.26. The van der Waals surface area contributed by atoms with E-state index in [0.717, 1.165) is 30.6 Å². The molecule has 1 atom stereocenters. The number of nitrogens with one attached hydrogen (secondary N) is 1. The lowest BCUT2D eigenvalue weighted by molar-refractivity contribution is -0.126. The van der Waals surface area contributed by atoms with Crippen LogP contribution >= 0.6 is 11.6 Å². The maximum Gasteiger partial charge on any atom is 0.226 e. The van der Waals surface area contributed by atoms with Gasteiger partial charge in [-0.15, -0.1) is 11.6 Å². The van der Waals surface area contributed by atoms with Gasteiger partial charge in [-0.2, -0.15) is 0 Å². The van der Waals surface area contributed by atoms with Crippen molar-refractivity contribution in [3.05, 3.63) is 29.8 Å². The molecule has 0 spiro atoms. The lowest BCUT2D eigenvalue weighted by Crippen LogP contribution is -2.37. The molecule has 2 rings (SSSR count). The summed E-state index contributed by atoms with van der Waals surface area (Å²) in [7, 11) is 0. The summed E-state index contributed by atoms with van der Waals surface area (Å²) >= 11 is 5.59. The number of fused-ring (bicyclic) bond motifs is 1. The Kier molecular flexibility index (Phi) is 4.88. The topological polar surface area (TPSA) is 38.3 Å². The summed E-state index contributed by atoms with van der Waals surface area (Å²) in [4.78, 5) is 11.9. The molecular formula is C14H18ClNO2. The van der Waals surface area contributed by atoms with Crippen molar-refractivity contribution in [3.8, 4) is 5.75 Å². The van der Waals surface area contributed by atoms with Gasteiger partial charge >= 0.3 is 0 Å². The van der Waals surface area contributed by atoms with E-state index in [1.54, 1.807) is 0 Å². The van der Waals surface area contributed by atoms with Crippen LogP contribution in [0.3, 0.4) is 0 Å². The molecule has 1 amide bonds. The monoisotopic (exact) mass is 267 g/mol. The second-order valence-electron chi connectivity index (χ2n) is 4.51. The van der Waals surface area contributed by atoms with Gasteiger partial charge in [0, 0.05) is 12.4 Å². The number of amides is 1. The Morgan fingerprint density at radius 1 is 1.39 bits per heavy atom. The van der Waals surface area contributed by atoms with E-state index in [1.807, 2.05) is 24.3 Å². The molecule has 1 heterocycles. The van der Waals surface area contributed by atoms with Gasteiger partial charge in [0.1, 0.15) is 12.4 Å². The molecule has 1 aliphatic rings. The van der Waals surface area contributed by atoms with E-state index in [2.05, 4.69) is 5.32 Å². The van der Waals surface area contributed by atoms with Crippen molar-refractivity contribution in [1.29, 1.82) is 0 Å². The van der Waals surface area contributed by atoms with E-state index in [9.17, 15) is 4.79 Å². The number of alkyl halides is 1. The van der Waals surface area contributed by atoms with Crippen LogP contribution in [0, 0.1) is 5.92 Å². The fraction of sp³-hybridized carbons (Fsp3) is 0.500. The van der Waals surface area contributed by atoms with Gasteiger partial charge < -0.3 is 10.1 Å². The molecule has 4 heteroatoms. The second-order valence-corrected chi connectivity index (χ2v) is 4.88. The van der Waals surface area contributed by atoms with Gasteiger partial charge in [0.2, 0.25) is 5.91 Å². The van der Waals surface area contributed by atoms with Crippen LogP contribution in [0.5, 0.6) is 5.75 Å². The van der Waals surface area contributed by atoms with Crippen molar-refractivity contribution in [3.63, 3.8) is 0 Å². The first-order valence-corrected chi connectivity index (χ1v) is 6.89. The van der Waals surface area contributed by atoms with Crippen molar-refractivity contribution in [2.45, 2.75) is 19.3 Å². The third-order valence-corrected chi connectivity index (χ3v) is 3.38. The summed E-state index contributed by atoms with van der Waals surface area (Å²) in [5, 5.41) is 2.94. The molecule has 0 bridgehead atoms. The molecule has 0 saturated carbocycles. The highest BCUT2D eigenvalue weighted by Gasteiger charge is 2.25. The van der Waals surface area contributed by atoms with E-state index >= 15 is 0 Å². The molecule has 1 N–H and O–H groups in total. The summed E-state index contributed by atoms with van der Waals surface area (Å²) in [5.41, 5.74) is 1.12. The first-order chi connectivity index (χ1) is 8.81. The van der Waals surface area contributed by atoms with Crippen molar-refractivity contribution < 1.29 is 9.53 Å². The van der Waals surface area contributed by atoms with Gasteiger partial charge in [0.05, 0.1) is 5.92 Å². The lowest BCUT2D eigenvalue weighted by Gasteiger charge is -2.24. The number of hydrogen-bond donors (Lipinski definition) is 1. The molecule has 1 unspecified atom stereocenters. The molecule has 1 aromatic carbocycles. The smallest absolute Gasteiger partial charge is 0.226 e. The van der Waals surface area contributed by atoms with E-state index in [0.29, 0.717) is 19.0 Å². The first-order valence-electron chi connectivity index (χ1n) is 6.35. The van der Waals surface area contributed by atoms with E-state index in [1.165, 1.54) is 0 Å². The summed E-state index contributed by atoms with van der Waals surface area (Å²) < 4.78 is 5.60. The van der Waals surface area contributed by atoms with E-state index in [-0.39, 0.29) is 11.8 Å². The Bertz CT molecular complexity index is 409. The zero-order valence-corrected chi connectivity index (χ0v) is 11.1. The Hall–Kier alpha value is -1.22. The van der Waals surface area contributed by atoms with Crippen LogP contribution in [0.25, 0.3) is 0 Å². The third-order valence-electron chi connectivity index (χ3n) is 3.11. The summed E-state index contributed by atoms with van der Waals surface area (Å²) in [6.45, 7) is 1.17. The van der Waals surface area contributed by atoms with Gasteiger partial charge in [-0.1, -0.05) is 18.2 Å². The number of benzene rings is 1. The highest BCUT2D eigenvalue weighted by Crippen LogP contribution is 2.26. The highest BCUT2D eigenvalue weighted by atomic mass is 35.5. The van der Waals surface area contributed by atoms with Crippen molar-refractivity contribution in [1.82, 2.24) is 5.32 Å². The quantitative estimate of drug-likeness (QED) is 0.657. The fourth-order valence-electron chi connectivity index (χ4n) is 2.07. The molecule has 1 aliphatic heterocycles. The van der Waals surface area contributed by atoms with Gasteiger partial charge in [0.15, 0.2) is 0 Å². The summed E-state index contributed by atoms with van der Waals surface area (Å²) in [5.74, 6) is 1.56. The minimum Gasteiger partial charge on any atom is -0.492 e. The largest absolute Gasteiger partial charge is 0.492 e. The second kappa shape index (κ2) is 6.64. The van der Waals surface area contributed by atoms with Gasteiger partial charge in [-0.05, 0) is 30.9 Å². The predicted octanol–water partition coefficient (Wildman–Crippen LogP) is 2.37. The maximum atomic E-state index is 11.9. The maximum absolute atomic E-state index is 11.9. The lowest BCUT2D eigenvalue weighted by atomic mass is 9.96. The van der Waals surface area contributed by atoms with Crippen LogP contribution in [0.15, 0.2) is 24.3 Å². The molecular weight excluding hydrogens is 250 g/mol. The number of carbonyl (C=O) groups excluding carboxylic acids is 1. The van der Waals surface area contributed by atoms with Crippen molar-refractivity contribution in [2.24, 2.45) is 5.92 Å². The Balaban J connectivity index is 1.83. The zero-order chi connectivity index (χ0) is 12.8. The highest BCUT2D eigenvalue weighted by molar-refractivity contribution is 6.17. The van der Waals surface area contributed by atoms with Crippen LogP contribution in [0.1, 0.15) is 18.4 Å². The standard InChI is InChI=1S/C14H18ClNO2/c15-7-3-4-8-16-14(17)12-9-11-5-1-2-6-13(11)18-10-12/h1-2,5-6,12H,3-4,7-10H2,(H,16,17). The average molecular weight is 268 g/mol. The number of rotatable bonds is 5. The number of hydrogen-bond acceptors (Lipinski definition) is 2. The minimum atomic E-state index is -0.0732. The zero-order valence-electron chi connectivity index (χ0n) is 10.3. The van der Waals surface area contributed by atoms with Crippen molar-refractivity contribution in [2.75, 3.05) is 19.0 Å². The molecule has 0 aromatic heterocycles. The molecule has 0 radical (unpaired) electrons.